The minimum atomic E-state index is -0.265. The summed E-state index contributed by atoms with van der Waals surface area (Å²) in [6.45, 7) is 2.23. The number of anilines is 2. The van der Waals surface area contributed by atoms with Crippen LogP contribution in [0.5, 0.6) is 0 Å². The van der Waals surface area contributed by atoms with Gasteiger partial charge in [-0.25, -0.2) is 0 Å². The molecule has 26 heavy (non-hydrogen) atoms. The number of para-hydroxylation sites is 2. The van der Waals surface area contributed by atoms with Gasteiger partial charge in [-0.05, 0) is 28.5 Å². The van der Waals surface area contributed by atoms with Gasteiger partial charge in [0.25, 0.3) is 0 Å². The Morgan fingerprint density at radius 2 is 1.77 bits per heavy atom. The number of nitrogens with zero attached hydrogens (tertiary/aromatic N) is 1. The Labute approximate surface area is 152 Å². The molecule has 0 saturated heterocycles. The summed E-state index contributed by atoms with van der Waals surface area (Å²) in [5.41, 5.74) is 2.45. The van der Waals surface area contributed by atoms with Crippen LogP contribution < -0.4 is 10.2 Å². The van der Waals surface area contributed by atoms with Gasteiger partial charge in [-0.3, -0.25) is 9.59 Å². The van der Waals surface area contributed by atoms with E-state index in [1.807, 2.05) is 61.5 Å². The van der Waals surface area contributed by atoms with Gasteiger partial charge in [0.1, 0.15) is 0 Å². The summed E-state index contributed by atoms with van der Waals surface area (Å²) in [7, 11) is 0. The fourth-order valence-electron chi connectivity index (χ4n) is 3.47. The second-order valence-electron chi connectivity index (χ2n) is 6.73. The van der Waals surface area contributed by atoms with Gasteiger partial charge in [-0.15, -0.1) is 0 Å². The lowest BCUT2D eigenvalue weighted by Gasteiger charge is -2.24. The molecule has 0 aliphatic carbocycles. The molecule has 0 aromatic heterocycles. The Morgan fingerprint density at radius 3 is 2.65 bits per heavy atom. The highest BCUT2D eigenvalue weighted by atomic mass is 16.2. The Bertz CT molecular complexity index is 991. The van der Waals surface area contributed by atoms with Crippen LogP contribution in [0.4, 0.5) is 11.4 Å². The average molecular weight is 344 g/mol. The van der Waals surface area contributed by atoms with Crippen molar-refractivity contribution < 1.29 is 9.59 Å². The molecule has 0 saturated carbocycles. The maximum atomic E-state index is 13.2. The van der Waals surface area contributed by atoms with Crippen molar-refractivity contribution in [2.45, 2.75) is 13.3 Å². The molecule has 4 rings (SSSR count). The van der Waals surface area contributed by atoms with E-state index in [1.165, 1.54) is 0 Å². The van der Waals surface area contributed by atoms with Crippen molar-refractivity contribution in [1.82, 2.24) is 0 Å². The highest BCUT2D eigenvalue weighted by Crippen LogP contribution is 2.31. The molecule has 1 aliphatic heterocycles. The topological polar surface area (TPSA) is 49.4 Å². The Balaban J connectivity index is 1.70. The second-order valence-corrected chi connectivity index (χ2v) is 6.73. The number of hydrogen-bond donors (Lipinski definition) is 1. The summed E-state index contributed by atoms with van der Waals surface area (Å²) < 4.78 is 0. The van der Waals surface area contributed by atoms with Crippen molar-refractivity contribution in [3.05, 3.63) is 72.3 Å². The van der Waals surface area contributed by atoms with E-state index in [0.717, 1.165) is 22.0 Å². The Hall–Kier alpha value is -3.14. The van der Waals surface area contributed by atoms with E-state index in [0.29, 0.717) is 18.7 Å². The third kappa shape index (κ3) is 2.94. The van der Waals surface area contributed by atoms with Crippen LogP contribution in [0.1, 0.15) is 12.5 Å². The van der Waals surface area contributed by atoms with E-state index in [1.54, 1.807) is 4.90 Å². The number of amides is 2. The normalized spacial score (nSPS) is 16.7. The molecule has 0 fully saturated rings. The average Bonchev–Trinajstić information content (AvgIpc) is 2.79. The Morgan fingerprint density at radius 1 is 1.04 bits per heavy atom. The molecule has 3 aromatic carbocycles. The number of hydrogen-bond acceptors (Lipinski definition) is 2. The molecular weight excluding hydrogens is 324 g/mol. The van der Waals surface area contributed by atoms with Gasteiger partial charge in [0.2, 0.25) is 11.8 Å². The Kier molecular flexibility index (Phi) is 4.17. The fraction of sp³-hybridized carbons (Fsp3) is 0.182. The van der Waals surface area contributed by atoms with E-state index >= 15 is 0 Å². The number of carbonyl (C=O) groups is 2. The third-order valence-corrected chi connectivity index (χ3v) is 4.88. The van der Waals surface area contributed by atoms with Gasteiger partial charge >= 0.3 is 0 Å². The van der Waals surface area contributed by atoms with Crippen LogP contribution in [0.25, 0.3) is 10.8 Å². The first-order chi connectivity index (χ1) is 12.6. The van der Waals surface area contributed by atoms with Gasteiger partial charge < -0.3 is 10.2 Å². The number of rotatable bonds is 2. The number of nitrogens with one attached hydrogen (secondary N) is 1. The summed E-state index contributed by atoms with van der Waals surface area (Å²) >= 11 is 0. The van der Waals surface area contributed by atoms with E-state index < -0.39 is 0 Å². The molecule has 0 unspecified atom stereocenters. The van der Waals surface area contributed by atoms with Crippen molar-refractivity contribution in [1.29, 1.82) is 0 Å². The maximum Gasteiger partial charge on any atom is 0.231 e. The van der Waals surface area contributed by atoms with Gasteiger partial charge in [-0.2, -0.15) is 0 Å². The van der Waals surface area contributed by atoms with E-state index in [4.69, 9.17) is 0 Å². The minimum Gasteiger partial charge on any atom is -0.324 e. The molecule has 4 heteroatoms. The largest absolute Gasteiger partial charge is 0.324 e. The lowest BCUT2D eigenvalue weighted by atomic mass is 10.0. The molecule has 0 spiro atoms. The first-order valence-corrected chi connectivity index (χ1v) is 8.80. The highest BCUT2D eigenvalue weighted by Gasteiger charge is 2.28. The molecule has 3 aromatic rings. The molecule has 0 radical (unpaired) electrons. The van der Waals surface area contributed by atoms with Crippen LogP contribution in [-0.4, -0.2) is 18.4 Å². The molecule has 2 amide bonds. The molecule has 1 heterocycles. The second kappa shape index (κ2) is 6.64. The zero-order chi connectivity index (χ0) is 18.1. The lowest BCUT2D eigenvalue weighted by Crippen LogP contribution is -2.36. The van der Waals surface area contributed by atoms with E-state index in [9.17, 15) is 9.59 Å². The van der Waals surface area contributed by atoms with Crippen molar-refractivity contribution in [3.63, 3.8) is 0 Å². The number of benzene rings is 3. The van der Waals surface area contributed by atoms with Crippen molar-refractivity contribution in [2.24, 2.45) is 5.92 Å². The van der Waals surface area contributed by atoms with Gasteiger partial charge in [0.15, 0.2) is 0 Å². The molecule has 1 N–H and O–H groups in total. The van der Waals surface area contributed by atoms with Gasteiger partial charge in [0, 0.05) is 6.54 Å². The van der Waals surface area contributed by atoms with Gasteiger partial charge in [0.05, 0.1) is 23.7 Å². The molecular formula is C22H20N2O2. The molecule has 4 nitrogen and oxygen atoms in total. The standard InChI is InChI=1S/C22H20N2O2/c1-15-14-24(20-12-5-4-11-19(20)23-22(15)26)21(25)13-17-9-6-8-16-7-2-3-10-18(16)17/h2-12,15H,13-14H2,1H3,(H,23,26)/t15-/m0/s1. The van der Waals surface area contributed by atoms with Crippen LogP contribution in [0, 0.1) is 5.92 Å². The van der Waals surface area contributed by atoms with Crippen LogP contribution in [-0.2, 0) is 16.0 Å². The smallest absolute Gasteiger partial charge is 0.231 e. The monoisotopic (exact) mass is 344 g/mol. The lowest BCUT2D eigenvalue weighted by molar-refractivity contribution is -0.119. The predicted molar refractivity (Wildman–Crippen MR) is 104 cm³/mol. The summed E-state index contributed by atoms with van der Waals surface area (Å²) in [5, 5.41) is 5.13. The number of fused-ring (bicyclic) bond motifs is 2. The minimum absolute atomic E-state index is 0.00264. The molecule has 1 aliphatic rings. The first kappa shape index (κ1) is 16.3. The van der Waals surface area contributed by atoms with Crippen LogP contribution in [0.3, 0.4) is 0 Å². The summed E-state index contributed by atoms with van der Waals surface area (Å²) in [4.78, 5) is 27.1. The van der Waals surface area contributed by atoms with Crippen LogP contribution in [0.15, 0.2) is 66.7 Å². The quantitative estimate of drug-likeness (QED) is 0.764. The molecule has 0 bridgehead atoms. The third-order valence-electron chi connectivity index (χ3n) is 4.88. The predicted octanol–water partition coefficient (Wildman–Crippen LogP) is 4.00. The number of carbonyl (C=O) groups excluding carboxylic acids is 2. The highest BCUT2D eigenvalue weighted by molar-refractivity contribution is 6.05. The van der Waals surface area contributed by atoms with Crippen molar-refractivity contribution >= 4 is 34.0 Å². The zero-order valence-corrected chi connectivity index (χ0v) is 14.6. The van der Waals surface area contributed by atoms with Crippen LogP contribution >= 0.6 is 0 Å². The van der Waals surface area contributed by atoms with Crippen LogP contribution in [0.2, 0.25) is 0 Å². The van der Waals surface area contributed by atoms with Crippen molar-refractivity contribution in [3.8, 4) is 0 Å². The fourth-order valence-corrected chi connectivity index (χ4v) is 3.47. The zero-order valence-electron chi connectivity index (χ0n) is 14.6. The molecule has 1 atom stereocenters. The van der Waals surface area contributed by atoms with E-state index in [-0.39, 0.29) is 17.7 Å². The van der Waals surface area contributed by atoms with Gasteiger partial charge in [-0.1, -0.05) is 61.5 Å². The summed E-state index contributed by atoms with van der Waals surface area (Å²) in [6, 6.07) is 21.6. The first-order valence-electron chi connectivity index (χ1n) is 8.80. The van der Waals surface area contributed by atoms with E-state index in [2.05, 4.69) is 17.4 Å². The summed E-state index contributed by atoms with van der Waals surface area (Å²) in [6.07, 6.45) is 0.302. The maximum absolute atomic E-state index is 13.2. The SMILES string of the molecule is C[C@H]1CN(C(=O)Cc2cccc3ccccc23)c2ccccc2NC1=O. The molecule has 130 valence electrons. The van der Waals surface area contributed by atoms with Crippen molar-refractivity contribution in [2.75, 3.05) is 16.8 Å². The summed E-state index contributed by atoms with van der Waals surface area (Å²) in [5.74, 6) is -0.325.